The normalized spacial score (nSPS) is 11.5. The Morgan fingerprint density at radius 3 is 2.38 bits per heavy atom. The van der Waals surface area contributed by atoms with Gasteiger partial charge in [0.25, 0.3) is 0 Å². The van der Waals surface area contributed by atoms with Gasteiger partial charge < -0.3 is 10.6 Å². The Balaban J connectivity index is 2.57. The molecule has 0 unspecified atom stereocenters. The first-order valence-electron chi connectivity index (χ1n) is 7.85. The Morgan fingerprint density at radius 1 is 1.10 bits per heavy atom. The van der Waals surface area contributed by atoms with Crippen molar-refractivity contribution >= 4 is 22.7 Å². The minimum Gasteiger partial charge on any atom is -0.368 e. The van der Waals surface area contributed by atoms with E-state index in [1.807, 2.05) is 18.2 Å². The van der Waals surface area contributed by atoms with E-state index in [4.69, 9.17) is 5.73 Å². The third kappa shape index (κ3) is 3.43. The summed E-state index contributed by atoms with van der Waals surface area (Å²) in [6, 6.07) is 8.58. The van der Waals surface area contributed by atoms with Crippen LogP contribution in [0.2, 0.25) is 0 Å². The van der Waals surface area contributed by atoms with Crippen LogP contribution in [0.15, 0.2) is 24.3 Å². The first-order chi connectivity index (χ1) is 10.1. The van der Waals surface area contributed by atoms with E-state index in [1.54, 1.807) is 0 Å². The lowest BCUT2D eigenvalue weighted by atomic mass is 10.1. The number of nitrogens with zero attached hydrogens (tertiary/aromatic N) is 3. The Hall–Kier alpha value is -1.84. The molecule has 0 atom stereocenters. The SMILES string of the molecule is CCC(CC)N(CC(C)C)c1nc(N)nc2ccccc12. The molecule has 2 N–H and O–H groups in total. The van der Waals surface area contributed by atoms with Gasteiger partial charge in [0.15, 0.2) is 0 Å². The molecule has 2 rings (SSSR count). The smallest absolute Gasteiger partial charge is 0.222 e. The fraction of sp³-hybridized carbons (Fsp3) is 0.529. The standard InChI is InChI=1S/C17H26N4/c1-5-13(6-2)21(11-12(3)4)16-14-9-7-8-10-15(14)19-17(18)20-16/h7-10,12-13H,5-6,11H2,1-4H3,(H2,18,19,20). The van der Waals surface area contributed by atoms with Crippen LogP contribution in [0.3, 0.4) is 0 Å². The summed E-state index contributed by atoms with van der Waals surface area (Å²) in [5.41, 5.74) is 6.84. The van der Waals surface area contributed by atoms with Gasteiger partial charge in [0, 0.05) is 18.0 Å². The van der Waals surface area contributed by atoms with Crippen LogP contribution >= 0.6 is 0 Å². The zero-order valence-electron chi connectivity index (χ0n) is 13.5. The first-order valence-corrected chi connectivity index (χ1v) is 7.85. The van der Waals surface area contributed by atoms with E-state index in [-0.39, 0.29) is 0 Å². The molecule has 0 fully saturated rings. The van der Waals surface area contributed by atoms with E-state index in [9.17, 15) is 0 Å². The number of anilines is 2. The van der Waals surface area contributed by atoms with Crippen molar-refractivity contribution in [3.63, 3.8) is 0 Å². The molecule has 0 aliphatic carbocycles. The number of aromatic nitrogens is 2. The second kappa shape index (κ2) is 6.74. The fourth-order valence-corrected chi connectivity index (χ4v) is 2.83. The summed E-state index contributed by atoms with van der Waals surface area (Å²) in [6.07, 6.45) is 2.20. The van der Waals surface area contributed by atoms with Crippen LogP contribution in [0, 0.1) is 5.92 Å². The predicted molar refractivity (Wildman–Crippen MR) is 90.5 cm³/mol. The lowest BCUT2D eigenvalue weighted by Crippen LogP contribution is -2.38. The highest BCUT2D eigenvalue weighted by Gasteiger charge is 2.21. The quantitative estimate of drug-likeness (QED) is 0.876. The van der Waals surface area contributed by atoms with E-state index in [2.05, 4.69) is 48.6 Å². The molecule has 1 aromatic heterocycles. The number of para-hydroxylation sites is 1. The molecule has 0 saturated heterocycles. The van der Waals surface area contributed by atoms with Crippen molar-refractivity contribution in [3.8, 4) is 0 Å². The molecule has 1 aromatic carbocycles. The van der Waals surface area contributed by atoms with Crippen molar-refractivity contribution in [1.82, 2.24) is 9.97 Å². The second-order valence-electron chi connectivity index (χ2n) is 5.94. The van der Waals surface area contributed by atoms with Crippen molar-refractivity contribution in [2.45, 2.75) is 46.6 Å². The molecule has 0 spiro atoms. The molecule has 0 saturated carbocycles. The zero-order valence-corrected chi connectivity index (χ0v) is 13.5. The molecular weight excluding hydrogens is 260 g/mol. The molecule has 114 valence electrons. The fourth-order valence-electron chi connectivity index (χ4n) is 2.83. The van der Waals surface area contributed by atoms with Crippen molar-refractivity contribution in [2.75, 3.05) is 17.2 Å². The molecule has 1 heterocycles. The molecule has 0 amide bonds. The van der Waals surface area contributed by atoms with Crippen molar-refractivity contribution < 1.29 is 0 Å². The highest BCUT2D eigenvalue weighted by Crippen LogP contribution is 2.28. The maximum absolute atomic E-state index is 5.93. The van der Waals surface area contributed by atoms with Gasteiger partial charge >= 0.3 is 0 Å². The van der Waals surface area contributed by atoms with Gasteiger partial charge in [0.2, 0.25) is 5.95 Å². The number of nitrogen functional groups attached to an aromatic ring is 1. The van der Waals surface area contributed by atoms with Crippen molar-refractivity contribution in [3.05, 3.63) is 24.3 Å². The molecule has 4 nitrogen and oxygen atoms in total. The van der Waals surface area contributed by atoms with E-state index < -0.39 is 0 Å². The molecule has 4 heteroatoms. The summed E-state index contributed by atoms with van der Waals surface area (Å²) in [5, 5.41) is 1.08. The second-order valence-corrected chi connectivity index (χ2v) is 5.94. The number of hydrogen-bond donors (Lipinski definition) is 1. The van der Waals surface area contributed by atoms with Gasteiger partial charge in [0.1, 0.15) is 5.82 Å². The van der Waals surface area contributed by atoms with Crippen LogP contribution in [-0.4, -0.2) is 22.6 Å². The lowest BCUT2D eigenvalue weighted by molar-refractivity contribution is 0.505. The van der Waals surface area contributed by atoms with E-state index in [1.165, 1.54) is 0 Å². The van der Waals surface area contributed by atoms with Crippen LogP contribution < -0.4 is 10.6 Å². The maximum Gasteiger partial charge on any atom is 0.222 e. The Labute approximate surface area is 127 Å². The average Bonchev–Trinajstić information content (AvgIpc) is 2.46. The summed E-state index contributed by atoms with van der Waals surface area (Å²) < 4.78 is 0. The van der Waals surface area contributed by atoms with E-state index >= 15 is 0 Å². The summed E-state index contributed by atoms with van der Waals surface area (Å²) >= 11 is 0. The monoisotopic (exact) mass is 286 g/mol. The predicted octanol–water partition coefficient (Wildman–Crippen LogP) is 3.86. The highest BCUT2D eigenvalue weighted by molar-refractivity contribution is 5.90. The number of fused-ring (bicyclic) bond motifs is 1. The van der Waals surface area contributed by atoms with Crippen LogP contribution in [-0.2, 0) is 0 Å². The Kier molecular flexibility index (Phi) is 4.99. The molecule has 2 aromatic rings. The largest absolute Gasteiger partial charge is 0.368 e. The molecular formula is C17H26N4. The maximum atomic E-state index is 5.93. The van der Waals surface area contributed by atoms with Crippen LogP contribution in [0.4, 0.5) is 11.8 Å². The van der Waals surface area contributed by atoms with Crippen LogP contribution in [0.25, 0.3) is 10.9 Å². The summed E-state index contributed by atoms with van der Waals surface area (Å²) in [7, 11) is 0. The molecule has 0 bridgehead atoms. The number of rotatable bonds is 6. The van der Waals surface area contributed by atoms with Crippen LogP contribution in [0.1, 0.15) is 40.5 Å². The van der Waals surface area contributed by atoms with Crippen molar-refractivity contribution in [1.29, 1.82) is 0 Å². The number of hydrogen-bond acceptors (Lipinski definition) is 4. The lowest BCUT2D eigenvalue weighted by Gasteiger charge is -2.34. The van der Waals surface area contributed by atoms with E-state index in [0.717, 1.165) is 36.1 Å². The topological polar surface area (TPSA) is 55.0 Å². The summed E-state index contributed by atoms with van der Waals surface area (Å²) in [5.74, 6) is 1.89. The first kappa shape index (κ1) is 15.5. The summed E-state index contributed by atoms with van der Waals surface area (Å²) in [4.78, 5) is 11.3. The van der Waals surface area contributed by atoms with Gasteiger partial charge in [-0.1, -0.05) is 39.8 Å². The molecule has 0 radical (unpaired) electrons. The number of nitrogens with two attached hydrogens (primary N) is 1. The summed E-state index contributed by atoms with van der Waals surface area (Å²) in [6.45, 7) is 9.92. The van der Waals surface area contributed by atoms with Crippen molar-refractivity contribution in [2.24, 2.45) is 5.92 Å². The van der Waals surface area contributed by atoms with Gasteiger partial charge in [-0.3, -0.25) is 0 Å². The van der Waals surface area contributed by atoms with Gasteiger partial charge in [-0.2, -0.15) is 4.98 Å². The van der Waals surface area contributed by atoms with Gasteiger partial charge in [-0.15, -0.1) is 0 Å². The highest BCUT2D eigenvalue weighted by atomic mass is 15.2. The minimum absolute atomic E-state index is 0.350. The Bertz CT molecular complexity index is 590. The number of benzene rings is 1. The molecule has 21 heavy (non-hydrogen) atoms. The third-order valence-electron chi connectivity index (χ3n) is 3.82. The zero-order chi connectivity index (χ0) is 15.4. The van der Waals surface area contributed by atoms with Crippen LogP contribution in [0.5, 0.6) is 0 Å². The van der Waals surface area contributed by atoms with Gasteiger partial charge in [-0.05, 0) is 30.9 Å². The Morgan fingerprint density at radius 2 is 1.76 bits per heavy atom. The molecule has 0 aliphatic heterocycles. The molecule has 0 aliphatic rings. The van der Waals surface area contributed by atoms with Gasteiger partial charge in [-0.25, -0.2) is 4.98 Å². The minimum atomic E-state index is 0.350. The van der Waals surface area contributed by atoms with Gasteiger partial charge in [0.05, 0.1) is 5.52 Å². The third-order valence-corrected chi connectivity index (χ3v) is 3.82. The average molecular weight is 286 g/mol. The van der Waals surface area contributed by atoms with E-state index in [0.29, 0.717) is 17.9 Å².